The van der Waals surface area contributed by atoms with Crippen molar-refractivity contribution in [3.63, 3.8) is 0 Å². The smallest absolute Gasteiger partial charge is 0.194 e. The number of aliphatic hydroxyl groups is 1. The first-order valence-corrected chi connectivity index (χ1v) is 5.66. The highest BCUT2D eigenvalue weighted by molar-refractivity contribution is 5.26. The van der Waals surface area contributed by atoms with Crippen LogP contribution >= 0.6 is 0 Å². The molecule has 0 aliphatic rings. The molecule has 0 heterocycles. The van der Waals surface area contributed by atoms with Crippen LogP contribution in [0.5, 0.6) is 0 Å². The molecule has 2 N–H and O–H groups in total. The van der Waals surface area contributed by atoms with E-state index in [-0.39, 0.29) is 17.6 Å². The van der Waals surface area contributed by atoms with Crippen molar-refractivity contribution in [3.8, 4) is 0 Å². The Morgan fingerprint density at radius 2 is 1.61 bits per heavy atom. The van der Waals surface area contributed by atoms with Gasteiger partial charge in [0.15, 0.2) is 17.5 Å². The monoisotopic (exact) mass is 261 g/mol. The summed E-state index contributed by atoms with van der Waals surface area (Å²) in [5.41, 5.74) is -2.16. The van der Waals surface area contributed by atoms with E-state index in [0.29, 0.717) is 0 Å². The molecule has 0 saturated carbocycles. The quantitative estimate of drug-likeness (QED) is 0.820. The fraction of sp³-hybridized carbons (Fsp3) is 0.538. The SMILES string of the molecule is CC(C)(C)NCC(C)(O)c1ccc(F)c(F)c1F. The Balaban J connectivity index is 3.02. The molecular formula is C13H18F3NO. The van der Waals surface area contributed by atoms with Gasteiger partial charge in [0.05, 0.1) is 0 Å². The van der Waals surface area contributed by atoms with Gasteiger partial charge in [0.25, 0.3) is 0 Å². The minimum atomic E-state index is -1.62. The fourth-order valence-electron chi connectivity index (χ4n) is 1.47. The average Bonchev–Trinajstić information content (AvgIpc) is 2.22. The molecule has 0 aliphatic carbocycles. The van der Waals surface area contributed by atoms with E-state index in [1.165, 1.54) is 6.92 Å². The average molecular weight is 261 g/mol. The van der Waals surface area contributed by atoms with E-state index in [0.717, 1.165) is 12.1 Å². The van der Waals surface area contributed by atoms with Gasteiger partial charge in [0.2, 0.25) is 0 Å². The molecule has 0 aromatic heterocycles. The zero-order valence-electron chi connectivity index (χ0n) is 10.9. The number of rotatable bonds is 3. The maximum absolute atomic E-state index is 13.6. The Morgan fingerprint density at radius 3 is 2.11 bits per heavy atom. The third kappa shape index (κ3) is 3.46. The van der Waals surface area contributed by atoms with Crippen LogP contribution in [-0.4, -0.2) is 17.2 Å². The second-order valence-corrected chi connectivity index (χ2v) is 5.60. The molecule has 18 heavy (non-hydrogen) atoms. The number of hydrogen-bond donors (Lipinski definition) is 2. The van der Waals surface area contributed by atoms with E-state index < -0.39 is 23.1 Å². The molecule has 5 heteroatoms. The molecule has 0 bridgehead atoms. The van der Waals surface area contributed by atoms with Crippen molar-refractivity contribution < 1.29 is 18.3 Å². The first kappa shape index (κ1) is 15.0. The van der Waals surface area contributed by atoms with Crippen LogP contribution in [-0.2, 0) is 5.60 Å². The lowest BCUT2D eigenvalue weighted by Gasteiger charge is -2.30. The first-order valence-electron chi connectivity index (χ1n) is 5.66. The summed E-state index contributed by atoms with van der Waals surface area (Å²) in [4.78, 5) is 0. The Bertz CT molecular complexity index is 439. The third-order valence-electron chi connectivity index (χ3n) is 2.58. The van der Waals surface area contributed by atoms with Crippen LogP contribution in [0.3, 0.4) is 0 Å². The lowest BCUT2D eigenvalue weighted by Crippen LogP contribution is -2.45. The van der Waals surface area contributed by atoms with Crippen LogP contribution in [0.15, 0.2) is 12.1 Å². The van der Waals surface area contributed by atoms with Crippen molar-refractivity contribution in [1.82, 2.24) is 5.32 Å². The minimum absolute atomic E-state index is 0.0263. The number of halogens is 3. The van der Waals surface area contributed by atoms with Gasteiger partial charge in [0, 0.05) is 17.6 Å². The Kier molecular flexibility index (Phi) is 4.08. The maximum Gasteiger partial charge on any atom is 0.194 e. The van der Waals surface area contributed by atoms with E-state index in [2.05, 4.69) is 5.32 Å². The van der Waals surface area contributed by atoms with Crippen LogP contribution in [0.4, 0.5) is 13.2 Å². The van der Waals surface area contributed by atoms with E-state index in [1.807, 2.05) is 20.8 Å². The summed E-state index contributed by atoms with van der Waals surface area (Å²) in [6.45, 7) is 7.01. The summed E-state index contributed by atoms with van der Waals surface area (Å²) < 4.78 is 39.5. The number of nitrogens with one attached hydrogen (secondary N) is 1. The van der Waals surface area contributed by atoms with Gasteiger partial charge in [-0.25, -0.2) is 13.2 Å². The van der Waals surface area contributed by atoms with E-state index >= 15 is 0 Å². The van der Waals surface area contributed by atoms with Crippen molar-refractivity contribution in [3.05, 3.63) is 35.1 Å². The summed E-state index contributed by atoms with van der Waals surface area (Å²) in [5.74, 6) is -4.19. The van der Waals surface area contributed by atoms with Crippen molar-refractivity contribution in [2.45, 2.75) is 38.8 Å². The molecule has 0 saturated heterocycles. The highest BCUT2D eigenvalue weighted by Crippen LogP contribution is 2.26. The number of benzene rings is 1. The minimum Gasteiger partial charge on any atom is -0.384 e. The molecule has 0 spiro atoms. The van der Waals surface area contributed by atoms with Crippen molar-refractivity contribution >= 4 is 0 Å². The highest BCUT2D eigenvalue weighted by Gasteiger charge is 2.30. The van der Waals surface area contributed by atoms with Gasteiger partial charge < -0.3 is 10.4 Å². The summed E-state index contributed by atoms with van der Waals surface area (Å²) >= 11 is 0. The highest BCUT2D eigenvalue weighted by atomic mass is 19.2. The predicted octanol–water partition coefficient (Wildman–Crippen LogP) is 2.70. The second-order valence-electron chi connectivity index (χ2n) is 5.60. The number of hydrogen-bond acceptors (Lipinski definition) is 2. The molecular weight excluding hydrogens is 243 g/mol. The molecule has 1 rings (SSSR count). The van der Waals surface area contributed by atoms with Gasteiger partial charge in [-0.15, -0.1) is 0 Å². The molecule has 1 aromatic rings. The van der Waals surface area contributed by atoms with Gasteiger partial charge in [-0.3, -0.25) is 0 Å². The molecule has 1 aromatic carbocycles. The van der Waals surface area contributed by atoms with E-state index in [4.69, 9.17) is 0 Å². The van der Waals surface area contributed by atoms with Crippen molar-refractivity contribution in [1.29, 1.82) is 0 Å². The Labute approximate surface area is 105 Å². The molecule has 0 fully saturated rings. The molecule has 2 nitrogen and oxygen atoms in total. The summed E-state index contributed by atoms with van der Waals surface area (Å²) in [6.07, 6.45) is 0. The molecule has 0 radical (unpaired) electrons. The molecule has 1 atom stereocenters. The third-order valence-corrected chi connectivity index (χ3v) is 2.58. The normalized spacial score (nSPS) is 15.6. The van der Waals surface area contributed by atoms with Gasteiger partial charge in [-0.1, -0.05) is 6.07 Å². The molecule has 0 amide bonds. The lowest BCUT2D eigenvalue weighted by molar-refractivity contribution is 0.0457. The second kappa shape index (κ2) is 4.90. The van der Waals surface area contributed by atoms with Crippen LogP contribution in [0, 0.1) is 17.5 Å². The zero-order chi connectivity index (χ0) is 14.1. The van der Waals surface area contributed by atoms with Gasteiger partial charge in [-0.05, 0) is 33.8 Å². The zero-order valence-corrected chi connectivity index (χ0v) is 10.9. The maximum atomic E-state index is 13.6. The van der Waals surface area contributed by atoms with Crippen LogP contribution in [0.1, 0.15) is 33.3 Å². The summed E-state index contributed by atoms with van der Waals surface area (Å²) in [5, 5.41) is 13.1. The van der Waals surface area contributed by atoms with Crippen LogP contribution in [0.25, 0.3) is 0 Å². The van der Waals surface area contributed by atoms with Gasteiger partial charge in [-0.2, -0.15) is 0 Å². The van der Waals surface area contributed by atoms with Gasteiger partial charge in [0.1, 0.15) is 5.60 Å². The van der Waals surface area contributed by atoms with E-state index in [1.54, 1.807) is 0 Å². The lowest BCUT2D eigenvalue weighted by atomic mass is 9.94. The number of β-amino-alcohol motifs (C(OH)–C–C–N with tert-alkyl or cyclic N) is 1. The topological polar surface area (TPSA) is 32.3 Å². The molecule has 1 unspecified atom stereocenters. The van der Waals surface area contributed by atoms with Crippen molar-refractivity contribution in [2.24, 2.45) is 0 Å². The Hall–Kier alpha value is -1.07. The molecule has 102 valence electrons. The van der Waals surface area contributed by atoms with E-state index in [9.17, 15) is 18.3 Å². The van der Waals surface area contributed by atoms with Crippen molar-refractivity contribution in [2.75, 3.05) is 6.54 Å². The summed E-state index contributed by atoms with van der Waals surface area (Å²) in [7, 11) is 0. The standard InChI is InChI=1S/C13H18F3NO/c1-12(2,3)17-7-13(4,18)8-5-6-9(14)11(16)10(8)15/h5-6,17-18H,7H2,1-4H3. The largest absolute Gasteiger partial charge is 0.384 e. The fourth-order valence-corrected chi connectivity index (χ4v) is 1.47. The predicted molar refractivity (Wildman–Crippen MR) is 63.6 cm³/mol. The van der Waals surface area contributed by atoms with Gasteiger partial charge >= 0.3 is 0 Å². The van der Waals surface area contributed by atoms with Crippen LogP contribution < -0.4 is 5.32 Å². The van der Waals surface area contributed by atoms with Crippen LogP contribution in [0.2, 0.25) is 0 Å². The Morgan fingerprint density at radius 1 is 1.06 bits per heavy atom. The first-order chi connectivity index (χ1) is 8.04. The molecule has 0 aliphatic heterocycles. The summed E-state index contributed by atoms with van der Waals surface area (Å²) in [6, 6.07) is 1.86.